The molecule has 2 nitrogen and oxygen atoms in total. The molecule has 1 aromatic carbocycles. The van der Waals surface area contributed by atoms with Crippen LogP contribution in [0.4, 0.5) is 0 Å². The van der Waals surface area contributed by atoms with Crippen LogP contribution < -0.4 is 0 Å². The van der Waals surface area contributed by atoms with Gasteiger partial charge in [-0.2, -0.15) is 0 Å². The molecule has 1 saturated carbocycles. The summed E-state index contributed by atoms with van der Waals surface area (Å²) in [4.78, 5) is 12.7. The van der Waals surface area contributed by atoms with Gasteiger partial charge in [-0.15, -0.1) is 0 Å². The minimum absolute atomic E-state index is 0.0390. The molecule has 0 saturated heterocycles. The van der Waals surface area contributed by atoms with Gasteiger partial charge in [0, 0.05) is 12.3 Å². The molecule has 0 aliphatic heterocycles. The van der Waals surface area contributed by atoms with Crippen molar-refractivity contribution in [2.24, 2.45) is 5.92 Å². The van der Waals surface area contributed by atoms with E-state index in [1.807, 2.05) is 18.2 Å². The summed E-state index contributed by atoms with van der Waals surface area (Å²) in [6.45, 7) is 3.43. The molecule has 2 rings (SSSR count). The zero-order chi connectivity index (χ0) is 14.6. The van der Waals surface area contributed by atoms with Gasteiger partial charge in [-0.05, 0) is 38.2 Å². The van der Waals surface area contributed by atoms with E-state index in [-0.39, 0.29) is 18.1 Å². The lowest BCUT2D eigenvalue weighted by molar-refractivity contribution is -0.125. The molecule has 0 heterocycles. The summed E-state index contributed by atoms with van der Waals surface area (Å²) in [6, 6.07) is 10.1. The van der Waals surface area contributed by atoms with Crippen molar-refractivity contribution >= 4 is 5.78 Å². The first-order chi connectivity index (χ1) is 9.47. The Bertz CT molecular complexity index is 424. The maximum atomic E-state index is 12.7. The van der Waals surface area contributed by atoms with Crippen LogP contribution in [0.1, 0.15) is 63.9 Å². The lowest BCUT2D eigenvalue weighted by Gasteiger charge is -2.31. The summed E-state index contributed by atoms with van der Waals surface area (Å²) < 4.78 is 0. The normalized spacial score (nSPS) is 18.8. The second-order valence-corrected chi connectivity index (χ2v) is 6.74. The van der Waals surface area contributed by atoms with Gasteiger partial charge in [0.25, 0.3) is 0 Å². The number of rotatable bonds is 5. The molecule has 1 unspecified atom stereocenters. The standard InChI is InChI=1S/C18H26O2/c1-18(2,20)13-16(19)17(14-9-5-3-6-10-14)15-11-7-4-8-12-15/h3,5-6,9-10,15,17,20H,4,7-8,11-13H2,1-2H3. The number of aliphatic hydroxyl groups is 1. The molecule has 2 heteroatoms. The highest BCUT2D eigenvalue weighted by molar-refractivity contribution is 5.86. The van der Waals surface area contributed by atoms with E-state index in [0.29, 0.717) is 5.92 Å². The smallest absolute Gasteiger partial charge is 0.143 e. The number of ketones is 1. The maximum absolute atomic E-state index is 12.7. The van der Waals surface area contributed by atoms with Crippen molar-refractivity contribution in [3.8, 4) is 0 Å². The van der Waals surface area contributed by atoms with Crippen molar-refractivity contribution < 1.29 is 9.90 Å². The summed E-state index contributed by atoms with van der Waals surface area (Å²) in [5.41, 5.74) is 0.201. The van der Waals surface area contributed by atoms with Crippen LogP contribution in [0.2, 0.25) is 0 Å². The van der Waals surface area contributed by atoms with Gasteiger partial charge < -0.3 is 5.11 Å². The molecule has 0 aromatic heterocycles. The highest BCUT2D eigenvalue weighted by Crippen LogP contribution is 2.38. The second-order valence-electron chi connectivity index (χ2n) is 6.74. The van der Waals surface area contributed by atoms with Crippen molar-refractivity contribution in [3.63, 3.8) is 0 Å². The summed E-state index contributed by atoms with van der Waals surface area (Å²) in [6.07, 6.45) is 6.25. The van der Waals surface area contributed by atoms with E-state index in [0.717, 1.165) is 18.4 Å². The van der Waals surface area contributed by atoms with Gasteiger partial charge >= 0.3 is 0 Å². The van der Waals surface area contributed by atoms with E-state index in [9.17, 15) is 9.90 Å². The number of hydrogen-bond acceptors (Lipinski definition) is 2. The zero-order valence-electron chi connectivity index (χ0n) is 12.6. The van der Waals surface area contributed by atoms with Crippen molar-refractivity contribution in [2.75, 3.05) is 0 Å². The van der Waals surface area contributed by atoms with Crippen LogP contribution in [0.25, 0.3) is 0 Å². The molecule has 0 bridgehead atoms. The Hall–Kier alpha value is -1.15. The topological polar surface area (TPSA) is 37.3 Å². The molecule has 0 amide bonds. The number of Topliss-reactive ketones (excluding diaryl/α,β-unsaturated/α-hetero) is 1. The molecule has 1 N–H and O–H groups in total. The molecule has 20 heavy (non-hydrogen) atoms. The first-order valence-corrected chi connectivity index (χ1v) is 7.77. The van der Waals surface area contributed by atoms with Gasteiger partial charge in [-0.25, -0.2) is 0 Å². The van der Waals surface area contributed by atoms with Crippen LogP contribution in [0, 0.1) is 5.92 Å². The summed E-state index contributed by atoms with van der Waals surface area (Å²) in [5, 5.41) is 9.96. The SMILES string of the molecule is CC(C)(O)CC(=O)C(c1ccccc1)C1CCCCC1. The van der Waals surface area contributed by atoms with Gasteiger partial charge in [0.15, 0.2) is 0 Å². The van der Waals surface area contributed by atoms with E-state index in [4.69, 9.17) is 0 Å². The third-order valence-corrected chi connectivity index (χ3v) is 4.23. The molecular formula is C18H26O2. The first-order valence-electron chi connectivity index (χ1n) is 7.77. The fourth-order valence-corrected chi connectivity index (χ4v) is 3.39. The fourth-order valence-electron chi connectivity index (χ4n) is 3.39. The fraction of sp³-hybridized carbons (Fsp3) is 0.611. The van der Waals surface area contributed by atoms with Crippen LogP contribution in [-0.4, -0.2) is 16.5 Å². The van der Waals surface area contributed by atoms with E-state index >= 15 is 0 Å². The van der Waals surface area contributed by atoms with Gasteiger partial charge in [0.2, 0.25) is 0 Å². The lowest BCUT2D eigenvalue weighted by atomic mass is 9.73. The first kappa shape index (κ1) is 15.2. The van der Waals surface area contributed by atoms with E-state index in [1.54, 1.807) is 13.8 Å². The van der Waals surface area contributed by atoms with Gasteiger partial charge in [-0.3, -0.25) is 4.79 Å². The third kappa shape index (κ3) is 4.17. The van der Waals surface area contributed by atoms with Crippen LogP contribution >= 0.6 is 0 Å². The van der Waals surface area contributed by atoms with E-state index in [1.165, 1.54) is 19.3 Å². The van der Waals surface area contributed by atoms with E-state index in [2.05, 4.69) is 12.1 Å². The predicted octanol–water partition coefficient (Wildman–Crippen LogP) is 4.08. The van der Waals surface area contributed by atoms with Gasteiger partial charge in [0.05, 0.1) is 5.60 Å². The Balaban J connectivity index is 2.22. The van der Waals surface area contributed by atoms with Crippen LogP contribution in [-0.2, 0) is 4.79 Å². The molecule has 1 aliphatic carbocycles. The van der Waals surface area contributed by atoms with Crippen molar-refractivity contribution in [3.05, 3.63) is 35.9 Å². The lowest BCUT2D eigenvalue weighted by Crippen LogP contribution is -2.30. The molecule has 1 aromatic rings. The quantitative estimate of drug-likeness (QED) is 0.878. The van der Waals surface area contributed by atoms with Crippen molar-refractivity contribution in [2.45, 2.75) is 63.9 Å². The summed E-state index contributed by atoms with van der Waals surface area (Å²) in [5.74, 6) is 0.597. The molecule has 0 spiro atoms. The summed E-state index contributed by atoms with van der Waals surface area (Å²) >= 11 is 0. The molecule has 1 atom stereocenters. The van der Waals surface area contributed by atoms with Crippen molar-refractivity contribution in [1.29, 1.82) is 0 Å². The number of carbonyl (C=O) groups excluding carboxylic acids is 1. The number of carbonyl (C=O) groups is 1. The molecule has 1 aliphatic rings. The minimum atomic E-state index is -0.918. The highest BCUT2D eigenvalue weighted by Gasteiger charge is 2.33. The Morgan fingerprint density at radius 1 is 1.20 bits per heavy atom. The Kier molecular flexibility index (Phi) is 4.98. The largest absolute Gasteiger partial charge is 0.390 e. The van der Waals surface area contributed by atoms with E-state index < -0.39 is 5.60 Å². The Morgan fingerprint density at radius 2 is 1.80 bits per heavy atom. The van der Waals surface area contributed by atoms with Crippen molar-refractivity contribution in [1.82, 2.24) is 0 Å². The van der Waals surface area contributed by atoms with Gasteiger partial charge in [-0.1, -0.05) is 49.6 Å². The van der Waals surface area contributed by atoms with Crippen LogP contribution in [0.3, 0.4) is 0 Å². The monoisotopic (exact) mass is 274 g/mol. The second kappa shape index (κ2) is 6.53. The maximum Gasteiger partial charge on any atom is 0.143 e. The average Bonchev–Trinajstić information content (AvgIpc) is 2.39. The average molecular weight is 274 g/mol. The molecule has 1 fully saturated rings. The highest BCUT2D eigenvalue weighted by atomic mass is 16.3. The molecule has 110 valence electrons. The minimum Gasteiger partial charge on any atom is -0.390 e. The predicted molar refractivity (Wildman–Crippen MR) is 81.7 cm³/mol. The third-order valence-electron chi connectivity index (χ3n) is 4.23. The number of hydrogen-bond donors (Lipinski definition) is 1. The Morgan fingerprint density at radius 3 is 2.35 bits per heavy atom. The zero-order valence-corrected chi connectivity index (χ0v) is 12.6. The number of benzene rings is 1. The Labute approximate surface area is 122 Å². The van der Waals surface area contributed by atoms with Crippen LogP contribution in [0.15, 0.2) is 30.3 Å². The molecular weight excluding hydrogens is 248 g/mol. The van der Waals surface area contributed by atoms with Crippen LogP contribution in [0.5, 0.6) is 0 Å². The summed E-state index contributed by atoms with van der Waals surface area (Å²) in [7, 11) is 0. The molecule has 0 radical (unpaired) electrons. The van der Waals surface area contributed by atoms with Gasteiger partial charge in [0.1, 0.15) is 5.78 Å².